The van der Waals surface area contributed by atoms with Crippen LogP contribution in [0.2, 0.25) is 0 Å². The van der Waals surface area contributed by atoms with Crippen molar-refractivity contribution in [2.45, 2.75) is 19.0 Å². The lowest BCUT2D eigenvalue weighted by atomic mass is 10.1. The molecule has 1 heterocycles. The fourth-order valence-electron chi connectivity index (χ4n) is 2.23. The zero-order valence-corrected chi connectivity index (χ0v) is 14.2. The summed E-state index contributed by atoms with van der Waals surface area (Å²) in [4.78, 5) is 18.5. The summed E-state index contributed by atoms with van der Waals surface area (Å²) in [6, 6.07) is 9.22. The van der Waals surface area contributed by atoms with Crippen LogP contribution in [0.5, 0.6) is 0 Å². The number of amides is 2. The van der Waals surface area contributed by atoms with Crippen molar-refractivity contribution >= 4 is 22.8 Å². The van der Waals surface area contributed by atoms with Crippen LogP contribution >= 0.6 is 0 Å². The van der Waals surface area contributed by atoms with E-state index < -0.39 is 11.6 Å². The average molecular weight is 332 g/mol. The van der Waals surface area contributed by atoms with Gasteiger partial charge in [0.2, 0.25) is 0 Å². The number of fused-ring (bicyclic) bond motifs is 1. The van der Waals surface area contributed by atoms with E-state index in [4.69, 9.17) is 0 Å². The van der Waals surface area contributed by atoms with E-state index in [-0.39, 0.29) is 13.2 Å². The Balaban J connectivity index is 2.19. The number of anilines is 1. The number of nitrogens with one attached hydrogen (secondary N) is 2. The van der Waals surface area contributed by atoms with Crippen LogP contribution in [-0.2, 0) is 6.54 Å². The molecule has 1 aromatic heterocycles. The molecule has 0 aliphatic carbocycles. The number of nitrogens with zero attached hydrogens (tertiary/aromatic N) is 2. The first-order valence-corrected chi connectivity index (χ1v) is 7.72. The molecule has 0 unspecified atom stereocenters. The standard InChI is InChI=1S/C17H24N4O3/c1-17(10-22,11-23)20-16(24)18-9-12-8-15(21(2)3)19-14-7-5-4-6-13(12)14/h4-8,22-23H,9-11H2,1-3H3,(H2,18,20,24). The molecule has 7 nitrogen and oxygen atoms in total. The van der Waals surface area contributed by atoms with Crippen molar-refractivity contribution in [3.63, 3.8) is 0 Å². The van der Waals surface area contributed by atoms with Crippen molar-refractivity contribution in [2.75, 3.05) is 32.2 Å². The van der Waals surface area contributed by atoms with Gasteiger partial charge in [0.25, 0.3) is 0 Å². The molecule has 0 fully saturated rings. The summed E-state index contributed by atoms with van der Waals surface area (Å²) < 4.78 is 0. The van der Waals surface area contributed by atoms with Crippen LogP contribution in [0.3, 0.4) is 0 Å². The molecule has 4 N–H and O–H groups in total. The Morgan fingerprint density at radius 2 is 1.92 bits per heavy atom. The highest BCUT2D eigenvalue weighted by Crippen LogP contribution is 2.22. The van der Waals surface area contributed by atoms with E-state index in [1.807, 2.05) is 49.3 Å². The van der Waals surface area contributed by atoms with Crippen LogP contribution in [0.25, 0.3) is 10.9 Å². The molecule has 2 aromatic rings. The molecule has 1 aromatic carbocycles. The number of hydrogen-bond acceptors (Lipinski definition) is 5. The number of pyridine rings is 1. The minimum absolute atomic E-state index is 0.308. The van der Waals surface area contributed by atoms with Gasteiger partial charge in [0.15, 0.2) is 0 Å². The zero-order chi connectivity index (χ0) is 17.7. The van der Waals surface area contributed by atoms with Crippen molar-refractivity contribution in [3.05, 3.63) is 35.9 Å². The molecule has 7 heteroatoms. The highest BCUT2D eigenvalue weighted by atomic mass is 16.3. The summed E-state index contributed by atoms with van der Waals surface area (Å²) in [6.07, 6.45) is 0. The molecule has 0 spiro atoms. The Bertz CT molecular complexity index is 714. The summed E-state index contributed by atoms with van der Waals surface area (Å²) in [5.74, 6) is 0.807. The van der Waals surface area contributed by atoms with Gasteiger partial charge in [-0.15, -0.1) is 0 Å². The number of aliphatic hydroxyl groups is 2. The van der Waals surface area contributed by atoms with Gasteiger partial charge in [-0.2, -0.15) is 0 Å². The average Bonchev–Trinajstić information content (AvgIpc) is 2.59. The van der Waals surface area contributed by atoms with Gasteiger partial charge in [-0.25, -0.2) is 9.78 Å². The zero-order valence-electron chi connectivity index (χ0n) is 14.2. The van der Waals surface area contributed by atoms with Crippen LogP contribution in [0.15, 0.2) is 30.3 Å². The van der Waals surface area contributed by atoms with Crippen molar-refractivity contribution in [2.24, 2.45) is 0 Å². The van der Waals surface area contributed by atoms with Crippen LogP contribution in [0, 0.1) is 0 Å². The maximum absolute atomic E-state index is 12.0. The molecule has 0 radical (unpaired) electrons. The molecule has 0 atom stereocenters. The van der Waals surface area contributed by atoms with E-state index in [9.17, 15) is 15.0 Å². The number of aromatic nitrogens is 1. The number of para-hydroxylation sites is 1. The van der Waals surface area contributed by atoms with Gasteiger partial charge in [-0.05, 0) is 24.6 Å². The number of carbonyl (C=O) groups excluding carboxylic acids is 1. The first-order chi connectivity index (χ1) is 11.4. The predicted molar refractivity (Wildman–Crippen MR) is 94.0 cm³/mol. The second-order valence-corrected chi connectivity index (χ2v) is 6.24. The first kappa shape index (κ1) is 18.0. The summed E-state index contributed by atoms with van der Waals surface area (Å²) in [6.45, 7) is 1.18. The monoisotopic (exact) mass is 332 g/mol. The molecule has 24 heavy (non-hydrogen) atoms. The fraction of sp³-hybridized carbons (Fsp3) is 0.412. The number of benzene rings is 1. The third kappa shape index (κ3) is 4.12. The molecular formula is C17H24N4O3. The predicted octanol–water partition coefficient (Wildman–Crippen LogP) is 0.843. The van der Waals surface area contributed by atoms with Crippen LogP contribution in [0.4, 0.5) is 10.6 Å². The lowest BCUT2D eigenvalue weighted by Crippen LogP contribution is -2.54. The SMILES string of the molecule is CN(C)c1cc(CNC(=O)NC(C)(CO)CO)c2ccccc2n1. The molecule has 2 amide bonds. The van der Waals surface area contributed by atoms with Crippen molar-refractivity contribution in [1.29, 1.82) is 0 Å². The molecule has 0 aliphatic rings. The fourth-order valence-corrected chi connectivity index (χ4v) is 2.23. The second-order valence-electron chi connectivity index (χ2n) is 6.24. The quantitative estimate of drug-likeness (QED) is 0.628. The van der Waals surface area contributed by atoms with E-state index in [1.165, 1.54) is 0 Å². The van der Waals surface area contributed by atoms with Crippen LogP contribution < -0.4 is 15.5 Å². The largest absolute Gasteiger partial charge is 0.394 e. The molecule has 0 saturated heterocycles. The Labute approximate surface area is 141 Å². The minimum Gasteiger partial charge on any atom is -0.394 e. The molecule has 130 valence electrons. The highest BCUT2D eigenvalue weighted by Gasteiger charge is 2.24. The van der Waals surface area contributed by atoms with Crippen molar-refractivity contribution < 1.29 is 15.0 Å². The maximum atomic E-state index is 12.0. The molecule has 0 saturated carbocycles. The van der Waals surface area contributed by atoms with Crippen molar-refractivity contribution in [3.8, 4) is 0 Å². The summed E-state index contributed by atoms with van der Waals surface area (Å²) in [5.41, 5.74) is 0.741. The van der Waals surface area contributed by atoms with Gasteiger partial charge >= 0.3 is 6.03 Å². The smallest absolute Gasteiger partial charge is 0.315 e. The minimum atomic E-state index is -1.06. The van der Waals surface area contributed by atoms with Crippen LogP contribution in [-0.4, -0.2) is 54.1 Å². The van der Waals surface area contributed by atoms with Gasteiger partial charge < -0.3 is 25.7 Å². The van der Waals surface area contributed by atoms with E-state index in [0.717, 1.165) is 22.3 Å². The topological polar surface area (TPSA) is 97.7 Å². The Morgan fingerprint density at radius 1 is 1.25 bits per heavy atom. The maximum Gasteiger partial charge on any atom is 0.315 e. The highest BCUT2D eigenvalue weighted by molar-refractivity contribution is 5.84. The van der Waals surface area contributed by atoms with Crippen LogP contribution in [0.1, 0.15) is 12.5 Å². The third-order valence-corrected chi connectivity index (χ3v) is 3.80. The lowest BCUT2D eigenvalue weighted by Gasteiger charge is -2.26. The van der Waals surface area contributed by atoms with Gasteiger partial charge in [-0.1, -0.05) is 18.2 Å². The van der Waals surface area contributed by atoms with Gasteiger partial charge in [0.1, 0.15) is 5.82 Å². The van der Waals surface area contributed by atoms with E-state index in [2.05, 4.69) is 15.6 Å². The number of hydrogen-bond donors (Lipinski definition) is 4. The Morgan fingerprint density at radius 3 is 2.54 bits per heavy atom. The van der Waals surface area contributed by atoms with Gasteiger partial charge in [-0.3, -0.25) is 0 Å². The Hall–Kier alpha value is -2.38. The number of carbonyl (C=O) groups is 1. The van der Waals surface area contributed by atoms with Gasteiger partial charge in [0.05, 0.1) is 24.3 Å². The summed E-state index contributed by atoms with van der Waals surface area (Å²) in [7, 11) is 3.82. The second kappa shape index (κ2) is 7.46. The molecular weight excluding hydrogens is 308 g/mol. The Kier molecular flexibility index (Phi) is 5.58. The number of rotatable bonds is 6. The van der Waals surface area contributed by atoms with Crippen molar-refractivity contribution in [1.82, 2.24) is 15.6 Å². The summed E-state index contributed by atoms with van der Waals surface area (Å²) in [5, 5.41) is 24.8. The summed E-state index contributed by atoms with van der Waals surface area (Å²) >= 11 is 0. The number of aliphatic hydroxyl groups excluding tert-OH is 2. The molecule has 2 rings (SSSR count). The van der Waals surface area contributed by atoms with E-state index in [0.29, 0.717) is 6.54 Å². The molecule has 0 bridgehead atoms. The van der Waals surface area contributed by atoms with E-state index in [1.54, 1.807) is 6.92 Å². The molecule has 0 aliphatic heterocycles. The normalized spacial score (nSPS) is 11.4. The van der Waals surface area contributed by atoms with Gasteiger partial charge in [0, 0.05) is 26.0 Å². The number of urea groups is 1. The first-order valence-electron chi connectivity index (χ1n) is 7.72. The third-order valence-electron chi connectivity index (χ3n) is 3.80. The van der Waals surface area contributed by atoms with E-state index >= 15 is 0 Å². The lowest BCUT2D eigenvalue weighted by molar-refractivity contribution is 0.109.